The van der Waals surface area contributed by atoms with Crippen LogP contribution in [-0.2, 0) is 13.0 Å². The normalized spacial score (nSPS) is 11.2. The number of fused-ring (bicyclic) bond motifs is 1. The number of nitrogens with zero attached hydrogens (tertiary/aromatic N) is 5. The van der Waals surface area contributed by atoms with E-state index in [9.17, 15) is 4.79 Å². The van der Waals surface area contributed by atoms with Gasteiger partial charge in [0.15, 0.2) is 0 Å². The summed E-state index contributed by atoms with van der Waals surface area (Å²) >= 11 is 0. The van der Waals surface area contributed by atoms with Crippen molar-refractivity contribution in [1.29, 1.82) is 0 Å². The summed E-state index contributed by atoms with van der Waals surface area (Å²) in [6.07, 6.45) is 2.97. The Labute approximate surface area is 191 Å². The third-order valence-corrected chi connectivity index (χ3v) is 5.79. The number of aromatic amines is 1. The monoisotopic (exact) mass is 436 g/mol. The molecular formula is C26H24N6O. The standard InChI is InChI=1S/C26H24N6O/c1-2-3-12-24-27-22-10-6-7-11-23(33)25(22)32(24)17-18-13-15-19(16-14-18)20-8-4-5-9-21(20)26-28-30-31-29-26/h4-11,13-16H,2-3,12,17H2,1H3,(H,28,29,30,31). The minimum Gasteiger partial charge on any atom is -0.320 e. The Morgan fingerprint density at radius 2 is 1.67 bits per heavy atom. The molecule has 0 saturated carbocycles. The minimum atomic E-state index is -0.00379. The van der Waals surface area contributed by atoms with E-state index in [0.29, 0.717) is 17.9 Å². The summed E-state index contributed by atoms with van der Waals surface area (Å²) in [6.45, 7) is 2.76. The van der Waals surface area contributed by atoms with E-state index in [1.807, 2.05) is 30.3 Å². The summed E-state index contributed by atoms with van der Waals surface area (Å²) in [7, 11) is 0. The number of benzene rings is 2. The lowest BCUT2D eigenvalue weighted by atomic mass is 9.98. The molecule has 0 aliphatic rings. The van der Waals surface area contributed by atoms with Crippen LogP contribution in [0, 0.1) is 0 Å². The number of rotatable bonds is 7. The summed E-state index contributed by atoms with van der Waals surface area (Å²) < 4.78 is 2.08. The molecular weight excluding hydrogens is 412 g/mol. The predicted molar refractivity (Wildman–Crippen MR) is 129 cm³/mol. The summed E-state index contributed by atoms with van der Waals surface area (Å²) in [6, 6.07) is 23.6. The SMILES string of the molecule is CCCCc1nc2ccccc(=O)c2n1Cc1ccc(-c2ccccc2-c2nn[nH]n2)cc1. The summed E-state index contributed by atoms with van der Waals surface area (Å²) in [4.78, 5) is 17.6. The predicted octanol–water partition coefficient (Wildman–Crippen LogP) is 4.63. The minimum absolute atomic E-state index is 0.00379. The first-order valence-electron chi connectivity index (χ1n) is 11.1. The molecule has 5 rings (SSSR count). The molecule has 5 aromatic rings. The topological polar surface area (TPSA) is 89.4 Å². The van der Waals surface area contributed by atoms with Gasteiger partial charge in [-0.05, 0) is 40.5 Å². The molecule has 0 aliphatic heterocycles. The zero-order valence-corrected chi connectivity index (χ0v) is 18.4. The van der Waals surface area contributed by atoms with Gasteiger partial charge in [-0.25, -0.2) is 4.98 Å². The Balaban J connectivity index is 1.51. The Morgan fingerprint density at radius 1 is 0.909 bits per heavy atom. The quantitative estimate of drug-likeness (QED) is 0.402. The van der Waals surface area contributed by atoms with Gasteiger partial charge in [0, 0.05) is 18.5 Å². The highest BCUT2D eigenvalue weighted by molar-refractivity contribution is 5.80. The van der Waals surface area contributed by atoms with Gasteiger partial charge in [-0.3, -0.25) is 4.79 Å². The van der Waals surface area contributed by atoms with E-state index in [-0.39, 0.29) is 5.43 Å². The average Bonchev–Trinajstić information content (AvgIpc) is 3.45. The molecule has 33 heavy (non-hydrogen) atoms. The van der Waals surface area contributed by atoms with Gasteiger partial charge in [0.2, 0.25) is 11.3 Å². The fraction of sp³-hybridized carbons (Fsp3) is 0.192. The fourth-order valence-corrected chi connectivity index (χ4v) is 4.14. The van der Waals surface area contributed by atoms with Crippen molar-refractivity contribution in [2.24, 2.45) is 0 Å². The molecule has 164 valence electrons. The Kier molecular flexibility index (Phi) is 5.76. The lowest BCUT2D eigenvalue weighted by Gasteiger charge is -2.11. The maximum Gasteiger partial charge on any atom is 0.205 e. The number of tetrazole rings is 1. The molecule has 0 aliphatic carbocycles. The Morgan fingerprint density at radius 3 is 2.42 bits per heavy atom. The highest BCUT2D eigenvalue weighted by Crippen LogP contribution is 2.30. The van der Waals surface area contributed by atoms with Crippen LogP contribution in [0.2, 0.25) is 0 Å². The second kappa shape index (κ2) is 9.16. The smallest absolute Gasteiger partial charge is 0.205 e. The molecule has 0 spiro atoms. The highest BCUT2D eigenvalue weighted by atomic mass is 16.1. The molecule has 1 N–H and O–H groups in total. The van der Waals surface area contributed by atoms with Gasteiger partial charge in [-0.15, -0.1) is 10.2 Å². The van der Waals surface area contributed by atoms with Crippen LogP contribution in [0.1, 0.15) is 31.2 Å². The van der Waals surface area contributed by atoms with Gasteiger partial charge in [0.1, 0.15) is 11.3 Å². The third-order valence-electron chi connectivity index (χ3n) is 5.79. The van der Waals surface area contributed by atoms with Gasteiger partial charge >= 0.3 is 0 Å². The van der Waals surface area contributed by atoms with Crippen molar-refractivity contribution in [2.45, 2.75) is 32.7 Å². The van der Waals surface area contributed by atoms with Crippen LogP contribution in [0.25, 0.3) is 33.5 Å². The van der Waals surface area contributed by atoms with Gasteiger partial charge in [0.25, 0.3) is 0 Å². The van der Waals surface area contributed by atoms with E-state index in [4.69, 9.17) is 4.98 Å². The largest absolute Gasteiger partial charge is 0.320 e. The first-order chi connectivity index (χ1) is 16.2. The maximum absolute atomic E-state index is 12.8. The van der Waals surface area contributed by atoms with E-state index < -0.39 is 0 Å². The molecule has 0 fully saturated rings. The molecule has 7 heteroatoms. The molecule has 0 saturated heterocycles. The van der Waals surface area contributed by atoms with Crippen LogP contribution in [0.4, 0.5) is 0 Å². The van der Waals surface area contributed by atoms with E-state index in [1.54, 1.807) is 12.1 Å². The van der Waals surface area contributed by atoms with Gasteiger partial charge in [-0.1, -0.05) is 74.0 Å². The molecule has 7 nitrogen and oxygen atoms in total. The molecule has 0 atom stereocenters. The summed E-state index contributed by atoms with van der Waals surface area (Å²) in [5.74, 6) is 1.53. The van der Waals surface area contributed by atoms with Crippen molar-refractivity contribution in [1.82, 2.24) is 30.2 Å². The lowest BCUT2D eigenvalue weighted by molar-refractivity contribution is 0.689. The number of hydrogen-bond acceptors (Lipinski definition) is 5. The van der Waals surface area contributed by atoms with Crippen molar-refractivity contribution >= 4 is 11.0 Å². The Hall–Kier alpha value is -4.13. The number of nitrogens with one attached hydrogen (secondary N) is 1. The zero-order valence-electron chi connectivity index (χ0n) is 18.4. The number of H-pyrrole nitrogens is 1. The second-order valence-corrected chi connectivity index (χ2v) is 8.01. The molecule has 0 bridgehead atoms. The molecule has 2 aromatic heterocycles. The molecule has 0 radical (unpaired) electrons. The average molecular weight is 437 g/mol. The van der Waals surface area contributed by atoms with Crippen molar-refractivity contribution in [2.75, 3.05) is 0 Å². The molecule has 3 aromatic carbocycles. The fourth-order valence-electron chi connectivity index (χ4n) is 4.14. The van der Waals surface area contributed by atoms with Crippen LogP contribution in [-0.4, -0.2) is 30.2 Å². The van der Waals surface area contributed by atoms with Crippen molar-refractivity contribution in [3.8, 4) is 22.5 Å². The van der Waals surface area contributed by atoms with Crippen molar-refractivity contribution in [3.63, 3.8) is 0 Å². The number of hydrogen-bond donors (Lipinski definition) is 1. The van der Waals surface area contributed by atoms with Crippen LogP contribution < -0.4 is 5.43 Å². The van der Waals surface area contributed by atoms with E-state index in [2.05, 4.69) is 62.4 Å². The van der Waals surface area contributed by atoms with Crippen LogP contribution >= 0.6 is 0 Å². The number of unbranched alkanes of at least 4 members (excludes halogenated alkanes) is 1. The highest BCUT2D eigenvalue weighted by Gasteiger charge is 2.14. The molecule has 0 amide bonds. The van der Waals surface area contributed by atoms with Gasteiger partial charge < -0.3 is 4.57 Å². The lowest BCUT2D eigenvalue weighted by Crippen LogP contribution is -2.10. The van der Waals surface area contributed by atoms with Gasteiger partial charge in [-0.2, -0.15) is 5.21 Å². The number of aromatic nitrogens is 6. The summed E-state index contributed by atoms with van der Waals surface area (Å²) in [5.41, 5.74) is 5.55. The second-order valence-electron chi connectivity index (χ2n) is 8.01. The maximum atomic E-state index is 12.8. The van der Waals surface area contributed by atoms with Crippen molar-refractivity contribution < 1.29 is 0 Å². The van der Waals surface area contributed by atoms with Crippen molar-refractivity contribution in [3.05, 3.63) is 94.4 Å². The van der Waals surface area contributed by atoms with E-state index in [0.717, 1.165) is 52.9 Å². The van der Waals surface area contributed by atoms with Gasteiger partial charge in [0.05, 0.1) is 5.52 Å². The first kappa shape index (κ1) is 20.8. The number of aryl methyl sites for hydroxylation is 1. The number of imidazole rings is 1. The molecule has 2 heterocycles. The Bertz CT molecular complexity index is 1440. The zero-order chi connectivity index (χ0) is 22.6. The van der Waals surface area contributed by atoms with E-state index in [1.165, 1.54) is 0 Å². The first-order valence-corrected chi connectivity index (χ1v) is 11.1. The third kappa shape index (κ3) is 4.17. The van der Waals surface area contributed by atoms with Crippen LogP contribution in [0.3, 0.4) is 0 Å². The van der Waals surface area contributed by atoms with Crippen LogP contribution in [0.5, 0.6) is 0 Å². The molecule has 0 unspecified atom stereocenters. The van der Waals surface area contributed by atoms with E-state index >= 15 is 0 Å². The summed E-state index contributed by atoms with van der Waals surface area (Å²) in [5, 5.41) is 14.5. The van der Waals surface area contributed by atoms with Crippen LogP contribution in [0.15, 0.2) is 77.6 Å².